The Bertz CT molecular complexity index is 4010. The maximum Gasteiger partial charge on any atom is 0.143 e. The Hall–Kier alpha value is -9.24. The lowest BCUT2D eigenvalue weighted by Gasteiger charge is -2.26. The van der Waals surface area contributed by atoms with Crippen molar-refractivity contribution in [3.8, 4) is 67.0 Å². The second-order valence-corrected chi connectivity index (χ2v) is 18.1. The molecule has 70 heavy (non-hydrogen) atoms. The molecule has 0 N–H and O–H groups in total. The summed E-state index contributed by atoms with van der Waals surface area (Å²) in [7, 11) is 0. The molecule has 0 atom stereocenters. The van der Waals surface area contributed by atoms with Crippen LogP contribution in [0, 0.1) is 0 Å². The predicted molar refractivity (Wildman–Crippen MR) is 296 cm³/mol. The molecule has 0 saturated carbocycles. The van der Waals surface area contributed by atoms with E-state index in [1.54, 1.807) is 0 Å². The van der Waals surface area contributed by atoms with Gasteiger partial charge in [0, 0.05) is 33.6 Å². The van der Waals surface area contributed by atoms with Crippen LogP contribution < -0.4 is 4.90 Å². The van der Waals surface area contributed by atoms with Crippen LogP contribution in [0.2, 0.25) is 0 Å². The normalized spacial score (nSPS) is 11.4. The van der Waals surface area contributed by atoms with Gasteiger partial charge in [-0.05, 0) is 131 Å². The van der Waals surface area contributed by atoms with E-state index in [0.29, 0.717) is 0 Å². The lowest BCUT2D eigenvalue weighted by atomic mass is 9.95. The van der Waals surface area contributed by atoms with Crippen LogP contribution in [0.5, 0.6) is 0 Å². The molecule has 0 fully saturated rings. The maximum absolute atomic E-state index is 6.57. The Morgan fingerprint density at radius 1 is 0.243 bits per heavy atom. The molecule has 12 aromatic carbocycles. The van der Waals surface area contributed by atoms with E-state index in [1.165, 1.54) is 54.6 Å². The van der Waals surface area contributed by atoms with E-state index >= 15 is 0 Å². The SMILES string of the molecule is c1ccc(-c2c(-c3cccc(-c4ccc(-c5ccc(N(c6ccc(-c7ccc(-c8cccc9ccccc89)cc7)cc6)c6ccc7c(ccc8ccccc87)c6)cc5)cc4)c3)oc3ccccc23)cc1. The Morgan fingerprint density at radius 2 is 0.700 bits per heavy atom. The third-order valence-electron chi connectivity index (χ3n) is 13.9. The van der Waals surface area contributed by atoms with Crippen molar-refractivity contribution in [2.75, 3.05) is 4.90 Å². The molecule has 0 amide bonds. The van der Waals surface area contributed by atoms with Crippen molar-refractivity contribution >= 4 is 60.3 Å². The van der Waals surface area contributed by atoms with Crippen LogP contribution in [0.4, 0.5) is 17.1 Å². The molecule has 0 spiro atoms. The number of rotatable bonds is 9. The van der Waals surface area contributed by atoms with Gasteiger partial charge in [-0.1, -0.05) is 224 Å². The summed E-state index contributed by atoms with van der Waals surface area (Å²) in [6.07, 6.45) is 0. The highest BCUT2D eigenvalue weighted by Gasteiger charge is 2.19. The molecule has 328 valence electrons. The number of hydrogen-bond donors (Lipinski definition) is 0. The van der Waals surface area contributed by atoms with Crippen LogP contribution in [-0.4, -0.2) is 0 Å². The first-order valence-corrected chi connectivity index (χ1v) is 24.0. The molecule has 2 nitrogen and oxygen atoms in total. The summed E-state index contributed by atoms with van der Waals surface area (Å²) in [6.45, 7) is 0. The molecular formula is C68H45NO. The molecule has 2 heteroatoms. The van der Waals surface area contributed by atoms with Gasteiger partial charge in [0.15, 0.2) is 0 Å². The largest absolute Gasteiger partial charge is 0.455 e. The van der Waals surface area contributed by atoms with Crippen molar-refractivity contribution in [3.63, 3.8) is 0 Å². The van der Waals surface area contributed by atoms with Crippen LogP contribution in [0.3, 0.4) is 0 Å². The summed E-state index contributed by atoms with van der Waals surface area (Å²) in [5.41, 5.74) is 16.9. The minimum absolute atomic E-state index is 0.885. The van der Waals surface area contributed by atoms with Crippen molar-refractivity contribution in [3.05, 3.63) is 273 Å². The van der Waals surface area contributed by atoms with Gasteiger partial charge in [0.1, 0.15) is 11.3 Å². The summed E-state index contributed by atoms with van der Waals surface area (Å²) in [5.74, 6) is 0.885. The number of nitrogens with zero attached hydrogens (tertiary/aromatic N) is 1. The summed E-state index contributed by atoms with van der Waals surface area (Å²) < 4.78 is 6.57. The molecule has 1 heterocycles. The van der Waals surface area contributed by atoms with Crippen molar-refractivity contribution < 1.29 is 4.42 Å². The first kappa shape index (κ1) is 41.0. The standard InChI is InChI=1S/C68H45NO/c1-2-14-54(15-3-1)67-65-21-8-9-23-66(65)70-68(67)57-18-10-17-55(44-57)50-26-24-46(25-27-50)48-34-38-58(39-35-48)69(60-42-43-64-56(45-60)33-32-52-13-5-7-20-62(52)64)59-40-36-49(37-41-59)47-28-30-53(31-29-47)63-22-11-16-51-12-4-6-19-61(51)63/h1-45H. The van der Waals surface area contributed by atoms with Crippen molar-refractivity contribution in [1.29, 1.82) is 0 Å². The highest BCUT2D eigenvalue weighted by molar-refractivity contribution is 6.09. The van der Waals surface area contributed by atoms with Gasteiger partial charge in [-0.15, -0.1) is 0 Å². The van der Waals surface area contributed by atoms with Gasteiger partial charge in [-0.3, -0.25) is 0 Å². The molecule has 0 saturated heterocycles. The highest BCUT2D eigenvalue weighted by atomic mass is 16.3. The van der Waals surface area contributed by atoms with E-state index in [2.05, 4.69) is 266 Å². The average Bonchev–Trinajstić information content (AvgIpc) is 3.84. The predicted octanol–water partition coefficient (Wildman–Crippen LogP) is 19.4. The van der Waals surface area contributed by atoms with Gasteiger partial charge in [-0.2, -0.15) is 0 Å². The number of para-hydroxylation sites is 1. The van der Waals surface area contributed by atoms with Gasteiger partial charge in [0.25, 0.3) is 0 Å². The molecule has 13 rings (SSSR count). The monoisotopic (exact) mass is 891 g/mol. The summed E-state index contributed by atoms with van der Waals surface area (Å²) in [5, 5.41) is 8.61. The van der Waals surface area contributed by atoms with Gasteiger partial charge >= 0.3 is 0 Å². The Balaban J connectivity index is 0.811. The molecule has 0 aliphatic rings. The fraction of sp³-hybridized carbons (Fsp3) is 0. The first-order valence-electron chi connectivity index (χ1n) is 24.0. The lowest BCUT2D eigenvalue weighted by molar-refractivity contribution is 0.632. The Kier molecular flexibility index (Phi) is 10.2. The topological polar surface area (TPSA) is 16.4 Å². The number of furan rings is 1. The van der Waals surface area contributed by atoms with Gasteiger partial charge in [0.05, 0.1) is 0 Å². The minimum atomic E-state index is 0.885. The lowest BCUT2D eigenvalue weighted by Crippen LogP contribution is -2.09. The van der Waals surface area contributed by atoms with E-state index in [0.717, 1.165) is 72.7 Å². The molecule has 0 aliphatic heterocycles. The number of hydrogen-bond acceptors (Lipinski definition) is 2. The maximum atomic E-state index is 6.57. The number of fused-ring (bicyclic) bond motifs is 5. The molecule has 0 aliphatic carbocycles. The number of anilines is 3. The second kappa shape index (κ2) is 17.4. The molecular weight excluding hydrogens is 847 g/mol. The van der Waals surface area contributed by atoms with Crippen molar-refractivity contribution in [2.24, 2.45) is 0 Å². The average molecular weight is 892 g/mol. The molecule has 0 radical (unpaired) electrons. The first-order chi connectivity index (χ1) is 34.7. The van der Waals surface area contributed by atoms with Crippen molar-refractivity contribution in [2.45, 2.75) is 0 Å². The third-order valence-corrected chi connectivity index (χ3v) is 13.9. The zero-order chi connectivity index (χ0) is 46.4. The highest BCUT2D eigenvalue weighted by Crippen LogP contribution is 2.43. The number of benzene rings is 12. The van der Waals surface area contributed by atoms with Crippen LogP contribution in [0.15, 0.2) is 277 Å². The van der Waals surface area contributed by atoms with Gasteiger partial charge < -0.3 is 9.32 Å². The van der Waals surface area contributed by atoms with E-state index in [9.17, 15) is 0 Å². The molecule has 0 unspecified atom stereocenters. The summed E-state index contributed by atoms with van der Waals surface area (Å²) in [6, 6.07) is 98.5. The van der Waals surface area contributed by atoms with Crippen LogP contribution >= 0.6 is 0 Å². The molecule has 13 aromatic rings. The van der Waals surface area contributed by atoms with E-state index in [1.807, 2.05) is 12.1 Å². The third kappa shape index (κ3) is 7.49. The Labute approximate surface area is 407 Å². The zero-order valence-electron chi connectivity index (χ0n) is 38.3. The minimum Gasteiger partial charge on any atom is -0.455 e. The fourth-order valence-corrected chi connectivity index (χ4v) is 10.3. The molecule has 1 aromatic heterocycles. The van der Waals surface area contributed by atoms with E-state index in [4.69, 9.17) is 4.42 Å². The smallest absolute Gasteiger partial charge is 0.143 e. The second-order valence-electron chi connectivity index (χ2n) is 18.1. The van der Waals surface area contributed by atoms with E-state index < -0.39 is 0 Å². The summed E-state index contributed by atoms with van der Waals surface area (Å²) in [4.78, 5) is 2.37. The molecule has 0 bridgehead atoms. The van der Waals surface area contributed by atoms with E-state index in [-0.39, 0.29) is 0 Å². The van der Waals surface area contributed by atoms with Crippen LogP contribution in [-0.2, 0) is 0 Å². The zero-order valence-corrected chi connectivity index (χ0v) is 38.3. The Morgan fingerprint density at radius 3 is 1.39 bits per heavy atom. The summed E-state index contributed by atoms with van der Waals surface area (Å²) >= 11 is 0. The van der Waals surface area contributed by atoms with Gasteiger partial charge in [-0.25, -0.2) is 0 Å². The quantitative estimate of drug-likeness (QED) is 0.134. The van der Waals surface area contributed by atoms with Gasteiger partial charge in [0.2, 0.25) is 0 Å². The van der Waals surface area contributed by atoms with Crippen LogP contribution in [0.25, 0.3) is 110 Å². The van der Waals surface area contributed by atoms with Crippen LogP contribution in [0.1, 0.15) is 0 Å². The van der Waals surface area contributed by atoms with Crippen molar-refractivity contribution in [1.82, 2.24) is 0 Å². The fourth-order valence-electron chi connectivity index (χ4n) is 10.3.